The number of hydrogen-bond acceptors (Lipinski definition) is 2. The summed E-state index contributed by atoms with van der Waals surface area (Å²) in [4.78, 5) is 2.38. The molecule has 108 valence electrons. The lowest BCUT2D eigenvalue weighted by atomic mass is 9.75. The summed E-state index contributed by atoms with van der Waals surface area (Å²) >= 11 is 0. The van der Waals surface area contributed by atoms with Crippen LogP contribution in [-0.2, 0) is 0 Å². The van der Waals surface area contributed by atoms with Gasteiger partial charge in [-0.1, -0.05) is 34.1 Å². The maximum Gasteiger partial charge on any atom is 0.0217 e. The van der Waals surface area contributed by atoms with Crippen molar-refractivity contribution in [3.8, 4) is 0 Å². The quantitative estimate of drug-likeness (QED) is 0.780. The lowest BCUT2D eigenvalue weighted by molar-refractivity contribution is 0.180. The van der Waals surface area contributed by atoms with Crippen LogP contribution in [0.3, 0.4) is 0 Å². The maximum atomic E-state index is 3.82. The van der Waals surface area contributed by atoms with Gasteiger partial charge in [0.2, 0.25) is 0 Å². The van der Waals surface area contributed by atoms with Crippen LogP contribution in [-0.4, -0.2) is 37.6 Å². The van der Waals surface area contributed by atoms with Crippen molar-refractivity contribution in [2.75, 3.05) is 20.6 Å². The fourth-order valence-corrected chi connectivity index (χ4v) is 3.20. The van der Waals surface area contributed by atoms with Gasteiger partial charge in [0.15, 0.2) is 0 Å². The predicted molar refractivity (Wildman–Crippen MR) is 81.0 cm³/mol. The molecule has 1 rings (SSSR count). The summed E-state index contributed by atoms with van der Waals surface area (Å²) in [5, 5.41) is 3.82. The summed E-state index contributed by atoms with van der Waals surface area (Å²) in [6.45, 7) is 10.6. The molecule has 1 aliphatic rings. The minimum absolute atomic E-state index is 0.543. The first kappa shape index (κ1) is 16.0. The zero-order valence-electron chi connectivity index (χ0n) is 13.4. The summed E-state index contributed by atoms with van der Waals surface area (Å²) in [7, 11) is 4.42. The summed E-state index contributed by atoms with van der Waals surface area (Å²) in [6, 6.07) is 1.42. The van der Waals surface area contributed by atoms with Crippen LogP contribution in [0.4, 0.5) is 0 Å². The molecule has 2 heteroatoms. The van der Waals surface area contributed by atoms with Crippen LogP contribution in [0.25, 0.3) is 0 Å². The van der Waals surface area contributed by atoms with E-state index in [9.17, 15) is 0 Å². The largest absolute Gasteiger partial charge is 0.312 e. The van der Waals surface area contributed by atoms with Crippen molar-refractivity contribution in [3.05, 3.63) is 0 Å². The van der Waals surface area contributed by atoms with E-state index in [1.54, 1.807) is 0 Å². The van der Waals surface area contributed by atoms with Crippen LogP contribution < -0.4 is 5.32 Å². The Balaban J connectivity index is 2.37. The van der Waals surface area contributed by atoms with Crippen molar-refractivity contribution < 1.29 is 0 Å². The molecule has 18 heavy (non-hydrogen) atoms. The first-order chi connectivity index (χ1) is 8.30. The van der Waals surface area contributed by atoms with Crippen LogP contribution in [0.2, 0.25) is 0 Å². The van der Waals surface area contributed by atoms with Crippen molar-refractivity contribution in [2.45, 2.75) is 71.9 Å². The van der Waals surface area contributed by atoms with Gasteiger partial charge in [-0.3, -0.25) is 0 Å². The van der Waals surface area contributed by atoms with Gasteiger partial charge >= 0.3 is 0 Å². The molecule has 2 atom stereocenters. The van der Waals surface area contributed by atoms with Gasteiger partial charge in [-0.15, -0.1) is 0 Å². The van der Waals surface area contributed by atoms with Crippen molar-refractivity contribution >= 4 is 0 Å². The van der Waals surface area contributed by atoms with Crippen LogP contribution in [0.1, 0.15) is 59.8 Å². The lowest BCUT2D eigenvalue weighted by Gasteiger charge is -2.37. The zero-order valence-corrected chi connectivity index (χ0v) is 13.4. The molecule has 0 spiro atoms. The Morgan fingerprint density at radius 2 is 1.94 bits per heavy atom. The van der Waals surface area contributed by atoms with Crippen LogP contribution in [0, 0.1) is 11.3 Å². The molecule has 0 amide bonds. The van der Waals surface area contributed by atoms with Crippen molar-refractivity contribution in [1.82, 2.24) is 10.2 Å². The highest BCUT2D eigenvalue weighted by molar-refractivity contribution is 4.84. The van der Waals surface area contributed by atoms with Crippen molar-refractivity contribution in [1.29, 1.82) is 0 Å². The van der Waals surface area contributed by atoms with E-state index in [1.807, 2.05) is 0 Å². The molecule has 0 radical (unpaired) electrons. The number of hydrogen-bond donors (Lipinski definition) is 1. The summed E-state index contributed by atoms with van der Waals surface area (Å²) in [6.07, 6.45) is 6.78. The van der Waals surface area contributed by atoms with E-state index in [0.29, 0.717) is 11.5 Å². The van der Waals surface area contributed by atoms with Gasteiger partial charge in [0.25, 0.3) is 0 Å². The van der Waals surface area contributed by atoms with Gasteiger partial charge in [-0.05, 0) is 51.1 Å². The van der Waals surface area contributed by atoms with Gasteiger partial charge in [0.05, 0.1) is 0 Å². The maximum absolute atomic E-state index is 3.82. The molecule has 0 aromatic heterocycles. The molecule has 0 bridgehead atoms. The smallest absolute Gasteiger partial charge is 0.0217 e. The molecule has 2 nitrogen and oxygen atoms in total. The Bertz CT molecular complexity index is 233. The number of nitrogens with one attached hydrogen (secondary N) is 1. The Morgan fingerprint density at radius 3 is 2.44 bits per heavy atom. The SMILES string of the molecule is CC(C)CC(CNC1CCCC(C)(C)C1)N(C)C. The van der Waals surface area contributed by atoms with E-state index >= 15 is 0 Å². The Hall–Kier alpha value is -0.0800. The van der Waals surface area contributed by atoms with Gasteiger partial charge < -0.3 is 10.2 Å². The fourth-order valence-electron chi connectivity index (χ4n) is 3.20. The second-order valence-corrected chi connectivity index (χ2v) is 7.61. The third kappa shape index (κ3) is 5.71. The molecule has 0 aromatic rings. The highest BCUT2D eigenvalue weighted by Crippen LogP contribution is 2.35. The van der Waals surface area contributed by atoms with Gasteiger partial charge in [0, 0.05) is 18.6 Å². The summed E-state index contributed by atoms with van der Waals surface area (Å²) in [5.74, 6) is 0.780. The highest BCUT2D eigenvalue weighted by atomic mass is 15.1. The van der Waals surface area contributed by atoms with E-state index in [2.05, 4.69) is 52.0 Å². The van der Waals surface area contributed by atoms with Crippen LogP contribution in [0.5, 0.6) is 0 Å². The molecule has 1 fully saturated rings. The van der Waals surface area contributed by atoms with Gasteiger partial charge in [-0.2, -0.15) is 0 Å². The molecule has 0 aromatic carbocycles. The molecule has 1 N–H and O–H groups in total. The van der Waals surface area contributed by atoms with E-state index in [0.717, 1.165) is 18.5 Å². The second kappa shape index (κ2) is 6.91. The molecule has 0 saturated heterocycles. The number of likely N-dealkylation sites (N-methyl/N-ethyl adjacent to an activating group) is 1. The molecule has 1 saturated carbocycles. The first-order valence-electron chi connectivity index (χ1n) is 7.70. The molecule has 1 aliphatic carbocycles. The third-order valence-corrected chi connectivity index (χ3v) is 4.32. The average Bonchev–Trinajstić information content (AvgIpc) is 2.22. The first-order valence-corrected chi connectivity index (χ1v) is 7.70. The van der Waals surface area contributed by atoms with Crippen molar-refractivity contribution in [3.63, 3.8) is 0 Å². The molecular formula is C16H34N2. The molecule has 0 heterocycles. The van der Waals surface area contributed by atoms with Crippen LogP contribution in [0.15, 0.2) is 0 Å². The highest BCUT2D eigenvalue weighted by Gasteiger charge is 2.28. The Labute approximate surface area is 115 Å². The summed E-state index contributed by atoms with van der Waals surface area (Å²) in [5.41, 5.74) is 0.543. The van der Waals surface area contributed by atoms with E-state index in [4.69, 9.17) is 0 Å². The molecule has 0 aliphatic heterocycles. The molecule has 2 unspecified atom stereocenters. The Morgan fingerprint density at radius 1 is 1.28 bits per heavy atom. The standard InChI is InChI=1S/C16H34N2/c1-13(2)10-15(18(5)6)12-17-14-8-7-9-16(3,4)11-14/h13-15,17H,7-12H2,1-6H3. The van der Waals surface area contributed by atoms with Gasteiger partial charge in [-0.25, -0.2) is 0 Å². The molecular weight excluding hydrogens is 220 g/mol. The van der Waals surface area contributed by atoms with E-state index in [-0.39, 0.29) is 0 Å². The topological polar surface area (TPSA) is 15.3 Å². The third-order valence-electron chi connectivity index (χ3n) is 4.32. The average molecular weight is 254 g/mol. The minimum Gasteiger partial charge on any atom is -0.312 e. The van der Waals surface area contributed by atoms with E-state index < -0.39 is 0 Å². The zero-order chi connectivity index (χ0) is 13.8. The van der Waals surface area contributed by atoms with Gasteiger partial charge in [0.1, 0.15) is 0 Å². The minimum atomic E-state index is 0.543. The Kier molecular flexibility index (Phi) is 6.13. The van der Waals surface area contributed by atoms with Crippen molar-refractivity contribution in [2.24, 2.45) is 11.3 Å². The second-order valence-electron chi connectivity index (χ2n) is 7.61. The lowest BCUT2D eigenvalue weighted by Crippen LogP contribution is -2.45. The number of rotatable bonds is 6. The monoisotopic (exact) mass is 254 g/mol. The fraction of sp³-hybridized carbons (Fsp3) is 1.00. The number of nitrogens with zero attached hydrogens (tertiary/aromatic N) is 1. The predicted octanol–water partition coefficient (Wildman–Crippen LogP) is 3.52. The normalized spacial score (nSPS) is 25.7. The van der Waals surface area contributed by atoms with E-state index in [1.165, 1.54) is 32.1 Å². The van der Waals surface area contributed by atoms with Crippen LogP contribution >= 0.6 is 0 Å². The summed E-state index contributed by atoms with van der Waals surface area (Å²) < 4.78 is 0.